The number of hydrogen-bond donors (Lipinski definition) is 2. The van der Waals surface area contributed by atoms with E-state index in [9.17, 15) is 4.79 Å². The smallest absolute Gasteiger partial charge is 0.228 e. The van der Waals surface area contributed by atoms with Gasteiger partial charge in [-0.3, -0.25) is 4.79 Å². The lowest BCUT2D eigenvalue weighted by atomic mass is 10.1. The summed E-state index contributed by atoms with van der Waals surface area (Å²) < 4.78 is 2.16. The molecule has 3 rings (SSSR count). The van der Waals surface area contributed by atoms with Gasteiger partial charge in [-0.1, -0.05) is 26.0 Å². The highest BCUT2D eigenvalue weighted by atomic mass is 35.5. The van der Waals surface area contributed by atoms with E-state index in [1.54, 1.807) is 0 Å². The van der Waals surface area contributed by atoms with E-state index < -0.39 is 0 Å². The first-order valence-corrected chi connectivity index (χ1v) is 8.25. The third-order valence-electron chi connectivity index (χ3n) is 4.24. The minimum Gasteiger partial charge on any atom is -0.330 e. The highest BCUT2D eigenvalue weighted by Crippen LogP contribution is 2.18. The minimum atomic E-state index is 0. The fourth-order valence-corrected chi connectivity index (χ4v) is 3.02. The van der Waals surface area contributed by atoms with Gasteiger partial charge in [-0.2, -0.15) is 0 Å². The standard InChI is InChI=1S/C18H24N4O.2ClH/c1-13(2)17-20-8-9-22(17)12-14-4-3-5-16(10-14)21-18(23)15-6-7-19-11-15;;/h3-5,8-10,13,15,19H,6-7,11-12H2,1-2H3,(H,21,23);2*1H. The topological polar surface area (TPSA) is 59.0 Å². The molecule has 1 aliphatic heterocycles. The SMILES string of the molecule is CC(C)c1nccn1Cc1cccc(NC(=O)C2CCNC2)c1.Cl.Cl. The Morgan fingerprint density at radius 1 is 1.40 bits per heavy atom. The summed E-state index contributed by atoms with van der Waals surface area (Å²) >= 11 is 0. The summed E-state index contributed by atoms with van der Waals surface area (Å²) in [7, 11) is 0. The Kier molecular flexibility index (Phi) is 8.42. The van der Waals surface area contributed by atoms with Crippen LogP contribution >= 0.6 is 24.8 Å². The first-order valence-electron chi connectivity index (χ1n) is 8.25. The second-order valence-electron chi connectivity index (χ2n) is 6.45. The van der Waals surface area contributed by atoms with E-state index in [1.165, 1.54) is 0 Å². The molecule has 1 atom stereocenters. The summed E-state index contributed by atoms with van der Waals surface area (Å²) in [6, 6.07) is 8.06. The monoisotopic (exact) mass is 384 g/mol. The third-order valence-corrected chi connectivity index (χ3v) is 4.24. The fraction of sp³-hybridized carbons (Fsp3) is 0.444. The summed E-state index contributed by atoms with van der Waals surface area (Å²) in [4.78, 5) is 16.6. The molecule has 5 nitrogen and oxygen atoms in total. The highest BCUT2D eigenvalue weighted by molar-refractivity contribution is 5.93. The summed E-state index contributed by atoms with van der Waals surface area (Å²) in [5.74, 6) is 1.66. The Morgan fingerprint density at radius 3 is 2.88 bits per heavy atom. The molecule has 1 aromatic heterocycles. The number of benzene rings is 1. The lowest BCUT2D eigenvalue weighted by molar-refractivity contribution is -0.119. The van der Waals surface area contributed by atoms with Crippen molar-refractivity contribution in [1.82, 2.24) is 14.9 Å². The molecule has 0 aliphatic carbocycles. The molecule has 0 bridgehead atoms. The molecule has 2 N–H and O–H groups in total. The maximum atomic E-state index is 12.2. The van der Waals surface area contributed by atoms with Crippen molar-refractivity contribution < 1.29 is 4.79 Å². The summed E-state index contributed by atoms with van der Waals surface area (Å²) in [6.45, 7) is 6.76. The molecule has 1 amide bonds. The maximum Gasteiger partial charge on any atom is 0.228 e. The number of halogens is 2. The number of aromatic nitrogens is 2. The molecule has 0 saturated carbocycles. The Balaban J connectivity index is 0.00000156. The van der Waals surface area contributed by atoms with Crippen LogP contribution in [0.3, 0.4) is 0 Å². The number of rotatable bonds is 5. The van der Waals surface area contributed by atoms with Crippen LogP contribution in [-0.2, 0) is 11.3 Å². The third kappa shape index (κ3) is 5.46. The zero-order chi connectivity index (χ0) is 16.2. The predicted octanol–water partition coefficient (Wildman–Crippen LogP) is 3.45. The Hall–Kier alpha value is -1.56. The van der Waals surface area contributed by atoms with Crippen LogP contribution in [0.4, 0.5) is 5.69 Å². The van der Waals surface area contributed by atoms with E-state index in [0.717, 1.165) is 43.1 Å². The molecule has 1 aliphatic rings. The second kappa shape index (κ2) is 9.80. The summed E-state index contributed by atoms with van der Waals surface area (Å²) in [6.07, 6.45) is 4.76. The van der Waals surface area contributed by atoms with Gasteiger partial charge >= 0.3 is 0 Å². The van der Waals surface area contributed by atoms with Crippen LogP contribution in [0.15, 0.2) is 36.7 Å². The average Bonchev–Trinajstić information content (AvgIpc) is 3.18. The highest BCUT2D eigenvalue weighted by Gasteiger charge is 2.22. The van der Waals surface area contributed by atoms with Crippen molar-refractivity contribution in [1.29, 1.82) is 0 Å². The van der Waals surface area contributed by atoms with Crippen molar-refractivity contribution in [2.75, 3.05) is 18.4 Å². The zero-order valence-corrected chi connectivity index (χ0v) is 16.2. The van der Waals surface area contributed by atoms with Crippen molar-refractivity contribution in [3.05, 3.63) is 48.0 Å². The number of nitrogens with zero attached hydrogens (tertiary/aromatic N) is 2. The summed E-state index contributed by atoms with van der Waals surface area (Å²) in [5, 5.41) is 6.26. The quantitative estimate of drug-likeness (QED) is 0.829. The van der Waals surface area contributed by atoms with Crippen LogP contribution < -0.4 is 10.6 Å². The van der Waals surface area contributed by atoms with Gasteiger partial charge in [0, 0.05) is 37.1 Å². The molecule has 25 heavy (non-hydrogen) atoms. The van der Waals surface area contributed by atoms with Gasteiger partial charge in [-0.25, -0.2) is 4.98 Å². The number of hydrogen-bond acceptors (Lipinski definition) is 3. The van der Waals surface area contributed by atoms with Gasteiger partial charge in [0.1, 0.15) is 5.82 Å². The summed E-state index contributed by atoms with van der Waals surface area (Å²) in [5.41, 5.74) is 2.03. The molecular weight excluding hydrogens is 359 g/mol. The van der Waals surface area contributed by atoms with Crippen LogP contribution in [0.5, 0.6) is 0 Å². The normalized spacial score (nSPS) is 16.2. The number of imidazole rings is 1. The van der Waals surface area contributed by atoms with Crippen LogP contribution in [0, 0.1) is 5.92 Å². The molecule has 7 heteroatoms. The first-order chi connectivity index (χ1) is 11.1. The van der Waals surface area contributed by atoms with E-state index >= 15 is 0 Å². The largest absolute Gasteiger partial charge is 0.330 e. The number of nitrogens with one attached hydrogen (secondary N) is 2. The van der Waals surface area contributed by atoms with Gasteiger partial charge in [0.05, 0.1) is 5.92 Å². The van der Waals surface area contributed by atoms with Gasteiger partial charge in [-0.15, -0.1) is 24.8 Å². The van der Waals surface area contributed by atoms with Crippen molar-refractivity contribution in [3.63, 3.8) is 0 Å². The maximum absolute atomic E-state index is 12.2. The van der Waals surface area contributed by atoms with E-state index in [4.69, 9.17) is 0 Å². The Bertz CT molecular complexity index is 681. The number of carbonyl (C=O) groups excluding carboxylic acids is 1. The van der Waals surface area contributed by atoms with Crippen molar-refractivity contribution in [2.24, 2.45) is 5.92 Å². The van der Waals surface area contributed by atoms with Gasteiger partial charge in [0.15, 0.2) is 0 Å². The fourth-order valence-electron chi connectivity index (χ4n) is 3.02. The van der Waals surface area contributed by atoms with Crippen LogP contribution in [0.1, 0.15) is 37.6 Å². The van der Waals surface area contributed by atoms with Crippen molar-refractivity contribution >= 4 is 36.4 Å². The lowest BCUT2D eigenvalue weighted by Crippen LogP contribution is -2.24. The lowest BCUT2D eigenvalue weighted by Gasteiger charge is -2.13. The second-order valence-corrected chi connectivity index (χ2v) is 6.45. The molecular formula is C18H26Cl2N4O. The minimum absolute atomic E-state index is 0. The van der Waals surface area contributed by atoms with Gasteiger partial charge < -0.3 is 15.2 Å². The molecule has 1 aromatic carbocycles. The number of amides is 1. The van der Waals surface area contributed by atoms with E-state index in [1.807, 2.05) is 30.6 Å². The molecule has 0 radical (unpaired) electrons. The Morgan fingerprint density at radius 2 is 2.20 bits per heavy atom. The van der Waals surface area contributed by atoms with Crippen LogP contribution in [0.2, 0.25) is 0 Å². The number of carbonyl (C=O) groups is 1. The van der Waals surface area contributed by atoms with E-state index in [2.05, 4.69) is 40.1 Å². The molecule has 0 spiro atoms. The van der Waals surface area contributed by atoms with Crippen molar-refractivity contribution in [3.8, 4) is 0 Å². The number of anilines is 1. The van der Waals surface area contributed by atoms with E-state index in [-0.39, 0.29) is 36.6 Å². The van der Waals surface area contributed by atoms with Gasteiger partial charge in [-0.05, 0) is 30.7 Å². The molecule has 138 valence electrons. The Labute approximate surface area is 161 Å². The van der Waals surface area contributed by atoms with Crippen LogP contribution in [0.25, 0.3) is 0 Å². The molecule has 1 saturated heterocycles. The molecule has 2 heterocycles. The van der Waals surface area contributed by atoms with Crippen LogP contribution in [-0.4, -0.2) is 28.5 Å². The molecule has 1 unspecified atom stereocenters. The van der Waals surface area contributed by atoms with E-state index in [0.29, 0.717) is 5.92 Å². The van der Waals surface area contributed by atoms with Gasteiger partial charge in [0.2, 0.25) is 5.91 Å². The average molecular weight is 385 g/mol. The first kappa shape index (κ1) is 21.5. The zero-order valence-electron chi connectivity index (χ0n) is 14.6. The molecule has 2 aromatic rings. The van der Waals surface area contributed by atoms with Gasteiger partial charge in [0.25, 0.3) is 0 Å². The van der Waals surface area contributed by atoms with Crippen molar-refractivity contribution in [2.45, 2.75) is 32.7 Å². The predicted molar refractivity (Wildman–Crippen MR) is 106 cm³/mol. The molecule has 1 fully saturated rings.